The van der Waals surface area contributed by atoms with Gasteiger partial charge in [0, 0.05) is 11.3 Å². The Morgan fingerprint density at radius 2 is 2.50 bits per heavy atom. The number of fused-ring (bicyclic) bond motifs is 2. The summed E-state index contributed by atoms with van der Waals surface area (Å²) in [6.07, 6.45) is 4.99. The minimum absolute atomic E-state index is 0.0119. The lowest BCUT2D eigenvalue weighted by Crippen LogP contribution is -2.24. The molecule has 64 valence electrons. The first-order valence-corrected chi connectivity index (χ1v) is 4.18. The van der Waals surface area contributed by atoms with Crippen LogP contribution in [0.5, 0.6) is 0 Å². The Bertz CT molecular complexity index is 278. The summed E-state index contributed by atoms with van der Waals surface area (Å²) in [5, 5.41) is 9.17. The van der Waals surface area contributed by atoms with Crippen LogP contribution in [0, 0.1) is 11.3 Å². The maximum absolute atomic E-state index is 11.3. The van der Waals surface area contributed by atoms with Gasteiger partial charge in [-0.1, -0.05) is 18.2 Å². The van der Waals surface area contributed by atoms with Crippen LogP contribution in [0.25, 0.3) is 0 Å². The monoisotopic (exact) mass is 164 g/mol. The third kappa shape index (κ3) is 0.879. The second-order valence-electron chi connectivity index (χ2n) is 3.85. The molecule has 0 radical (unpaired) electrons. The highest BCUT2D eigenvalue weighted by molar-refractivity contribution is 5.95. The normalized spacial score (nSPS) is 39.2. The maximum atomic E-state index is 11.3. The molecule has 2 aliphatic rings. The highest BCUT2D eigenvalue weighted by Gasteiger charge is 2.44. The molecule has 2 rings (SSSR count). The molecule has 0 amide bonds. The number of aliphatic hydroxyl groups is 1. The molecule has 0 saturated heterocycles. The summed E-state index contributed by atoms with van der Waals surface area (Å²) in [6.45, 7) is 4.00. The standard InChI is InChI=1S/C10H12O2/c1-7-4-10(6-11)3-2-9(12)8(7)5-10/h2-3,8,11H,1,4-6H2. The molecule has 2 aliphatic carbocycles. The van der Waals surface area contributed by atoms with E-state index >= 15 is 0 Å². The van der Waals surface area contributed by atoms with E-state index in [1.54, 1.807) is 6.08 Å². The smallest absolute Gasteiger partial charge is 0.162 e. The van der Waals surface area contributed by atoms with E-state index in [1.165, 1.54) is 0 Å². The molecule has 2 bridgehead atoms. The molecule has 0 spiro atoms. The van der Waals surface area contributed by atoms with Crippen molar-refractivity contribution in [3.63, 3.8) is 0 Å². The van der Waals surface area contributed by atoms with Gasteiger partial charge < -0.3 is 5.11 Å². The molecule has 2 atom stereocenters. The lowest BCUT2D eigenvalue weighted by atomic mass is 9.81. The Kier molecular flexibility index (Phi) is 1.48. The van der Waals surface area contributed by atoms with E-state index in [-0.39, 0.29) is 23.7 Å². The van der Waals surface area contributed by atoms with Crippen molar-refractivity contribution in [1.82, 2.24) is 0 Å². The van der Waals surface area contributed by atoms with Crippen LogP contribution in [0.2, 0.25) is 0 Å². The van der Waals surface area contributed by atoms with Gasteiger partial charge in [-0.2, -0.15) is 0 Å². The Morgan fingerprint density at radius 1 is 1.75 bits per heavy atom. The molecule has 2 unspecified atom stereocenters. The Balaban J connectivity index is 2.39. The van der Waals surface area contributed by atoms with Crippen LogP contribution in [-0.4, -0.2) is 17.5 Å². The van der Waals surface area contributed by atoms with Gasteiger partial charge in [-0.25, -0.2) is 0 Å². The summed E-state index contributed by atoms with van der Waals surface area (Å²) < 4.78 is 0. The summed E-state index contributed by atoms with van der Waals surface area (Å²) in [5.74, 6) is 0.142. The van der Waals surface area contributed by atoms with E-state index in [0.717, 1.165) is 18.4 Å². The van der Waals surface area contributed by atoms with E-state index in [0.29, 0.717) is 0 Å². The predicted octanol–water partition coefficient (Wildman–Crippen LogP) is 1.07. The molecule has 12 heavy (non-hydrogen) atoms. The summed E-state index contributed by atoms with van der Waals surface area (Å²) in [7, 11) is 0. The van der Waals surface area contributed by atoms with Crippen LogP contribution in [0.4, 0.5) is 0 Å². The molecule has 1 fully saturated rings. The first kappa shape index (κ1) is 7.74. The fourth-order valence-electron chi connectivity index (χ4n) is 2.18. The molecule has 2 nitrogen and oxygen atoms in total. The Labute approximate surface area is 71.6 Å². The molecule has 0 aromatic carbocycles. The zero-order valence-electron chi connectivity index (χ0n) is 6.92. The lowest BCUT2D eigenvalue weighted by molar-refractivity contribution is -0.117. The van der Waals surface area contributed by atoms with Crippen LogP contribution in [0.3, 0.4) is 0 Å². The quantitative estimate of drug-likeness (QED) is 0.588. The topological polar surface area (TPSA) is 37.3 Å². The molecule has 2 heteroatoms. The zero-order valence-corrected chi connectivity index (χ0v) is 6.92. The van der Waals surface area contributed by atoms with E-state index in [4.69, 9.17) is 5.11 Å². The second-order valence-corrected chi connectivity index (χ2v) is 3.85. The van der Waals surface area contributed by atoms with Gasteiger partial charge in [0.15, 0.2) is 5.78 Å². The molecule has 0 aliphatic heterocycles. The molecule has 0 heterocycles. The summed E-state index contributed by atoms with van der Waals surface area (Å²) >= 11 is 0. The fraction of sp³-hybridized carbons (Fsp3) is 0.500. The summed E-state index contributed by atoms with van der Waals surface area (Å²) in [5.41, 5.74) is 0.828. The van der Waals surface area contributed by atoms with Crippen molar-refractivity contribution < 1.29 is 9.90 Å². The molecule has 0 aromatic rings. The van der Waals surface area contributed by atoms with Crippen LogP contribution in [0.15, 0.2) is 24.3 Å². The van der Waals surface area contributed by atoms with Crippen molar-refractivity contribution in [2.45, 2.75) is 12.8 Å². The number of aliphatic hydroxyl groups excluding tert-OH is 1. The van der Waals surface area contributed by atoms with E-state index in [2.05, 4.69) is 6.58 Å². The van der Waals surface area contributed by atoms with E-state index in [1.807, 2.05) is 6.08 Å². The number of rotatable bonds is 1. The minimum Gasteiger partial charge on any atom is -0.395 e. The van der Waals surface area contributed by atoms with E-state index in [9.17, 15) is 4.79 Å². The minimum atomic E-state index is -0.157. The third-order valence-corrected chi connectivity index (χ3v) is 2.94. The SMILES string of the molecule is C=C1CC2(CO)C=CC(=O)C1C2. The zero-order chi connectivity index (χ0) is 8.77. The number of allylic oxidation sites excluding steroid dienone is 2. The van der Waals surface area contributed by atoms with Crippen molar-refractivity contribution in [1.29, 1.82) is 0 Å². The number of carbonyl (C=O) groups is 1. The van der Waals surface area contributed by atoms with Crippen molar-refractivity contribution in [3.05, 3.63) is 24.3 Å². The van der Waals surface area contributed by atoms with Crippen molar-refractivity contribution in [3.8, 4) is 0 Å². The van der Waals surface area contributed by atoms with Crippen molar-refractivity contribution in [2.75, 3.05) is 6.61 Å². The van der Waals surface area contributed by atoms with Crippen LogP contribution >= 0.6 is 0 Å². The average molecular weight is 164 g/mol. The summed E-state index contributed by atoms with van der Waals surface area (Å²) in [4.78, 5) is 11.3. The fourth-order valence-corrected chi connectivity index (χ4v) is 2.18. The highest BCUT2D eigenvalue weighted by Crippen LogP contribution is 2.48. The van der Waals surface area contributed by atoms with E-state index < -0.39 is 0 Å². The second kappa shape index (κ2) is 2.30. The number of carbonyl (C=O) groups excluding carboxylic acids is 1. The predicted molar refractivity (Wildman–Crippen MR) is 45.5 cm³/mol. The van der Waals surface area contributed by atoms with Crippen molar-refractivity contribution in [2.24, 2.45) is 11.3 Å². The van der Waals surface area contributed by atoms with Crippen LogP contribution < -0.4 is 0 Å². The molecule has 0 aromatic heterocycles. The maximum Gasteiger partial charge on any atom is 0.162 e. The molecular weight excluding hydrogens is 152 g/mol. The first-order valence-electron chi connectivity index (χ1n) is 4.18. The number of ketones is 1. The van der Waals surface area contributed by atoms with Gasteiger partial charge in [0.05, 0.1) is 6.61 Å². The van der Waals surface area contributed by atoms with Gasteiger partial charge in [0.25, 0.3) is 0 Å². The third-order valence-electron chi connectivity index (χ3n) is 2.94. The van der Waals surface area contributed by atoms with Gasteiger partial charge in [0.2, 0.25) is 0 Å². The van der Waals surface area contributed by atoms with Crippen LogP contribution in [0.1, 0.15) is 12.8 Å². The largest absolute Gasteiger partial charge is 0.395 e. The number of hydrogen-bond acceptors (Lipinski definition) is 2. The van der Waals surface area contributed by atoms with Crippen LogP contribution in [-0.2, 0) is 4.79 Å². The van der Waals surface area contributed by atoms with Gasteiger partial charge in [0.1, 0.15) is 0 Å². The molecular formula is C10H12O2. The van der Waals surface area contributed by atoms with Crippen molar-refractivity contribution >= 4 is 5.78 Å². The molecule has 1 saturated carbocycles. The van der Waals surface area contributed by atoms with Gasteiger partial charge in [-0.05, 0) is 18.9 Å². The average Bonchev–Trinajstić information content (AvgIpc) is 2.35. The number of hydrogen-bond donors (Lipinski definition) is 1. The Morgan fingerprint density at radius 3 is 3.17 bits per heavy atom. The first-order chi connectivity index (χ1) is 5.67. The highest BCUT2D eigenvalue weighted by atomic mass is 16.3. The van der Waals surface area contributed by atoms with Gasteiger partial charge in [-0.15, -0.1) is 0 Å². The Hall–Kier alpha value is -0.890. The molecule has 1 N–H and O–H groups in total. The summed E-state index contributed by atoms with van der Waals surface area (Å²) in [6, 6.07) is 0. The van der Waals surface area contributed by atoms with Gasteiger partial charge in [-0.3, -0.25) is 4.79 Å². The lowest BCUT2D eigenvalue weighted by Gasteiger charge is -2.24. The van der Waals surface area contributed by atoms with Gasteiger partial charge >= 0.3 is 0 Å².